The Morgan fingerprint density at radius 3 is 2.47 bits per heavy atom. The highest BCUT2D eigenvalue weighted by atomic mass is 19.1. The zero-order valence-electron chi connectivity index (χ0n) is 21.3. The first-order valence-electron chi connectivity index (χ1n) is 13.1. The van der Waals surface area contributed by atoms with Crippen LogP contribution in [0.15, 0.2) is 72.9 Å². The quantitative estimate of drug-likeness (QED) is 0.260. The van der Waals surface area contributed by atoms with Gasteiger partial charge in [-0.25, -0.2) is 4.39 Å². The predicted molar refractivity (Wildman–Crippen MR) is 144 cm³/mol. The summed E-state index contributed by atoms with van der Waals surface area (Å²) in [7, 11) is 1.65. The number of carboxylic acids is 1. The van der Waals surface area contributed by atoms with Crippen molar-refractivity contribution in [3.8, 4) is 16.9 Å². The van der Waals surface area contributed by atoms with Gasteiger partial charge < -0.3 is 14.4 Å². The number of aromatic nitrogens is 1. The molecular formula is C32H30FNO4. The van der Waals surface area contributed by atoms with Crippen molar-refractivity contribution in [2.75, 3.05) is 7.11 Å². The van der Waals surface area contributed by atoms with Gasteiger partial charge in [0, 0.05) is 30.1 Å². The number of benzene rings is 3. The smallest absolute Gasteiger partial charge is 0.306 e. The second-order valence-corrected chi connectivity index (χ2v) is 11.1. The normalized spacial score (nSPS) is 22.2. The number of hydrogen-bond acceptors (Lipinski definition) is 3. The summed E-state index contributed by atoms with van der Waals surface area (Å²) in [6.07, 6.45) is 5.54. The monoisotopic (exact) mass is 511 g/mol. The van der Waals surface area contributed by atoms with E-state index in [0.717, 1.165) is 48.1 Å². The Labute approximate surface area is 220 Å². The number of rotatable bonds is 8. The first-order valence-corrected chi connectivity index (χ1v) is 13.1. The second-order valence-electron chi connectivity index (χ2n) is 11.1. The number of hydrogen-bond donors (Lipinski definition) is 1. The van der Waals surface area contributed by atoms with Crippen molar-refractivity contribution in [1.82, 2.24) is 4.57 Å². The number of ether oxygens (including phenoxy) is 1. The molecule has 4 aromatic rings. The summed E-state index contributed by atoms with van der Waals surface area (Å²) in [6, 6.07) is 20.9. The summed E-state index contributed by atoms with van der Waals surface area (Å²) in [5.74, 6) is -0.169. The lowest BCUT2D eigenvalue weighted by atomic mass is 9.47. The van der Waals surface area contributed by atoms with Gasteiger partial charge >= 0.3 is 5.97 Å². The Balaban J connectivity index is 1.19. The molecule has 0 aliphatic heterocycles. The number of carbonyl (C=O) groups excluding carboxylic acids is 1. The maximum absolute atomic E-state index is 14.7. The van der Waals surface area contributed by atoms with Crippen molar-refractivity contribution >= 4 is 22.7 Å². The highest BCUT2D eigenvalue weighted by Crippen LogP contribution is 2.62. The Bertz CT molecular complexity index is 1520. The fourth-order valence-corrected chi connectivity index (χ4v) is 6.62. The van der Waals surface area contributed by atoms with Crippen molar-refractivity contribution in [2.45, 2.75) is 38.6 Å². The number of aliphatic carboxylic acids is 1. The molecule has 2 aliphatic carbocycles. The van der Waals surface area contributed by atoms with E-state index in [9.17, 15) is 19.1 Å². The van der Waals surface area contributed by atoms with E-state index in [1.165, 1.54) is 6.07 Å². The lowest BCUT2D eigenvalue weighted by Gasteiger charge is -2.56. The van der Waals surface area contributed by atoms with Crippen LogP contribution in [-0.2, 0) is 11.3 Å². The minimum absolute atomic E-state index is 0.0253. The number of nitrogens with zero attached hydrogens (tertiary/aromatic N) is 1. The Hall–Kier alpha value is -3.93. The van der Waals surface area contributed by atoms with Gasteiger partial charge in [-0.1, -0.05) is 36.4 Å². The van der Waals surface area contributed by atoms with Crippen molar-refractivity contribution in [1.29, 1.82) is 0 Å². The lowest BCUT2D eigenvalue weighted by molar-refractivity contribution is -0.157. The molecule has 194 valence electrons. The van der Waals surface area contributed by atoms with Gasteiger partial charge in [0.25, 0.3) is 0 Å². The first-order chi connectivity index (χ1) is 18.3. The third-order valence-electron chi connectivity index (χ3n) is 8.51. The summed E-state index contributed by atoms with van der Waals surface area (Å²) < 4.78 is 22.0. The van der Waals surface area contributed by atoms with Crippen LogP contribution in [-0.4, -0.2) is 28.5 Å². The molecule has 6 rings (SSSR count). The number of methoxy groups -OCH3 is 1. The van der Waals surface area contributed by atoms with Crippen molar-refractivity contribution in [3.05, 3.63) is 89.9 Å². The van der Waals surface area contributed by atoms with Crippen LogP contribution in [0.25, 0.3) is 22.0 Å². The SMILES string of the molecule is COc1cccc(-c2ccc(Cn3ccc4c(F)ccc(C(=O)CC5CC6(C5)CC(C(=O)O)C6)c43)cc2)c1. The van der Waals surface area contributed by atoms with Gasteiger partial charge in [0.2, 0.25) is 0 Å². The number of carboxylic acid groups (broad SMARTS) is 1. The largest absolute Gasteiger partial charge is 0.497 e. The van der Waals surface area contributed by atoms with Crippen LogP contribution in [0.4, 0.5) is 4.39 Å². The van der Waals surface area contributed by atoms with E-state index in [2.05, 4.69) is 24.3 Å². The molecule has 1 spiro atoms. The van der Waals surface area contributed by atoms with Crippen LogP contribution in [0.5, 0.6) is 5.75 Å². The molecule has 0 unspecified atom stereocenters. The van der Waals surface area contributed by atoms with E-state index >= 15 is 0 Å². The van der Waals surface area contributed by atoms with Crippen LogP contribution in [0.2, 0.25) is 0 Å². The maximum atomic E-state index is 14.7. The summed E-state index contributed by atoms with van der Waals surface area (Å²) in [5, 5.41) is 9.63. The highest BCUT2D eigenvalue weighted by molar-refractivity contribution is 6.07. The number of carbonyl (C=O) groups is 2. The highest BCUT2D eigenvalue weighted by Gasteiger charge is 2.54. The molecule has 5 nitrogen and oxygen atoms in total. The molecule has 0 radical (unpaired) electrons. The number of ketones is 1. The molecule has 38 heavy (non-hydrogen) atoms. The van der Waals surface area contributed by atoms with Gasteiger partial charge in [0.1, 0.15) is 11.6 Å². The van der Waals surface area contributed by atoms with E-state index in [1.54, 1.807) is 19.2 Å². The topological polar surface area (TPSA) is 68.5 Å². The molecule has 0 amide bonds. The van der Waals surface area contributed by atoms with E-state index in [-0.39, 0.29) is 28.9 Å². The maximum Gasteiger partial charge on any atom is 0.306 e. The third-order valence-corrected chi connectivity index (χ3v) is 8.51. The second kappa shape index (κ2) is 9.43. The standard InChI is InChI=1S/C32H30FNO4/c1-38-25-4-2-3-23(14-25)22-7-5-20(6-8-22)19-34-12-11-26-28(33)10-9-27(30(26)34)29(35)13-21-15-32(16-21)17-24(18-32)31(36)37/h2-12,14,21,24H,13,15-19H2,1H3,(H,36,37). The molecule has 6 heteroatoms. The minimum atomic E-state index is -0.709. The molecule has 2 aliphatic rings. The van der Waals surface area contributed by atoms with E-state index < -0.39 is 5.97 Å². The predicted octanol–water partition coefficient (Wildman–Crippen LogP) is 6.97. The van der Waals surface area contributed by atoms with Gasteiger partial charge in [-0.15, -0.1) is 0 Å². The molecule has 1 aromatic heterocycles. The van der Waals surface area contributed by atoms with Crippen molar-refractivity contribution in [2.24, 2.45) is 17.3 Å². The third kappa shape index (κ3) is 4.38. The molecule has 3 aromatic carbocycles. The first kappa shape index (κ1) is 24.4. The molecule has 1 N–H and O–H groups in total. The van der Waals surface area contributed by atoms with Crippen LogP contribution >= 0.6 is 0 Å². The molecule has 0 saturated heterocycles. The molecular weight excluding hydrogens is 481 g/mol. The van der Waals surface area contributed by atoms with Crippen LogP contribution < -0.4 is 4.74 Å². The number of Topliss-reactive ketones (excluding diaryl/α,β-unsaturated/α-hetero) is 1. The fourth-order valence-electron chi connectivity index (χ4n) is 6.62. The van der Waals surface area contributed by atoms with Gasteiger partial charge in [-0.2, -0.15) is 0 Å². The van der Waals surface area contributed by atoms with Crippen molar-refractivity contribution < 1.29 is 23.8 Å². The van der Waals surface area contributed by atoms with Gasteiger partial charge in [-0.05, 0) is 84.0 Å². The van der Waals surface area contributed by atoms with Crippen LogP contribution in [0.3, 0.4) is 0 Å². The molecule has 0 atom stereocenters. The fraction of sp³-hybridized carbons (Fsp3) is 0.312. The van der Waals surface area contributed by atoms with Crippen molar-refractivity contribution in [3.63, 3.8) is 0 Å². The average Bonchev–Trinajstić information content (AvgIpc) is 3.29. The molecule has 0 bridgehead atoms. The summed E-state index contributed by atoms with van der Waals surface area (Å²) in [6.45, 7) is 0.523. The summed E-state index contributed by atoms with van der Waals surface area (Å²) >= 11 is 0. The Kier molecular flexibility index (Phi) is 6.05. The molecule has 1 heterocycles. The van der Waals surface area contributed by atoms with Crippen LogP contribution in [0, 0.1) is 23.1 Å². The average molecular weight is 512 g/mol. The molecule has 2 fully saturated rings. The zero-order chi connectivity index (χ0) is 26.4. The Morgan fingerprint density at radius 2 is 1.76 bits per heavy atom. The number of fused-ring (bicyclic) bond motifs is 1. The summed E-state index contributed by atoms with van der Waals surface area (Å²) in [4.78, 5) is 24.5. The summed E-state index contributed by atoms with van der Waals surface area (Å²) in [5.41, 5.74) is 4.51. The Morgan fingerprint density at radius 1 is 1.00 bits per heavy atom. The van der Waals surface area contributed by atoms with E-state index in [1.807, 2.05) is 35.0 Å². The van der Waals surface area contributed by atoms with Gasteiger partial charge in [0.15, 0.2) is 5.78 Å². The number of halogens is 1. The van der Waals surface area contributed by atoms with Crippen LogP contribution in [0.1, 0.15) is 48.0 Å². The van der Waals surface area contributed by atoms with E-state index in [0.29, 0.717) is 29.4 Å². The lowest BCUT2D eigenvalue weighted by Crippen LogP contribution is -2.50. The van der Waals surface area contributed by atoms with Gasteiger partial charge in [-0.3, -0.25) is 9.59 Å². The molecule has 2 saturated carbocycles. The van der Waals surface area contributed by atoms with E-state index in [4.69, 9.17) is 4.74 Å². The minimum Gasteiger partial charge on any atom is -0.497 e. The van der Waals surface area contributed by atoms with Gasteiger partial charge in [0.05, 0.1) is 18.5 Å². The zero-order valence-corrected chi connectivity index (χ0v) is 21.3.